The number of likely N-dealkylation sites (N-methyl/N-ethyl adjacent to an activating group) is 1. The molecule has 0 amide bonds. The van der Waals surface area contributed by atoms with Crippen molar-refractivity contribution in [2.75, 3.05) is 47.5 Å². The van der Waals surface area contributed by atoms with Crippen LogP contribution in [0.5, 0.6) is 0 Å². The van der Waals surface area contributed by atoms with Gasteiger partial charge in [0.1, 0.15) is 13.2 Å². The highest BCUT2D eigenvalue weighted by Crippen LogP contribution is 2.13. The molecular weight excluding hydrogens is 983 g/mol. The highest BCUT2D eigenvalue weighted by Gasteiger charge is 2.22. The van der Waals surface area contributed by atoms with Crippen LogP contribution in [0.4, 0.5) is 0 Å². The zero-order valence-electron chi connectivity index (χ0n) is 50.2. The molecule has 9 heteroatoms. The normalized spacial score (nSPS) is 14.0. The Morgan fingerprint density at radius 2 is 0.684 bits per heavy atom. The first kappa shape index (κ1) is 73.7. The summed E-state index contributed by atoms with van der Waals surface area (Å²) in [5.41, 5.74) is 0. The average Bonchev–Trinajstić information content (AvgIpc) is 3.42. The standard InChI is InChI=1S/C70H109NO8/c1-6-8-10-12-14-16-18-20-22-23-24-25-26-27-28-29-30-31-32-33-34-35-36-37-38-39-40-41-42-43-44-45-47-49-51-53-55-57-59-61-68(73)79-66(65-78-70(69(74)75)76-63-62-71(3,4)5)64-77-67(72)60-58-56-54-52-50-48-46-21-19-17-15-13-11-9-7-2/h8-11,14-17,20-22,24-25,27-28,30-31,33-34,36-37,39-40,42-43,45-47,66,70H,6-7,12-13,18-19,23,26,29,32,35,38,41,44,48-65H2,1-5H3/b10-8-,11-9-,16-14-,17-15-,22-20-,25-24-,28-27-,31-30-,34-33-,37-36-,40-39-,43-42-,46-21-,47-45-. The predicted molar refractivity (Wildman–Crippen MR) is 333 cm³/mol. The van der Waals surface area contributed by atoms with E-state index in [1.165, 1.54) is 0 Å². The first-order valence-electron chi connectivity index (χ1n) is 30.3. The van der Waals surface area contributed by atoms with Gasteiger partial charge in [0.05, 0.1) is 40.3 Å². The smallest absolute Gasteiger partial charge is 0.306 e. The number of carboxylic acid groups (broad SMARTS) is 1. The van der Waals surface area contributed by atoms with Gasteiger partial charge in [-0.25, -0.2) is 0 Å². The van der Waals surface area contributed by atoms with E-state index in [0.29, 0.717) is 23.9 Å². The number of carbonyl (C=O) groups excluding carboxylic acids is 3. The maximum Gasteiger partial charge on any atom is 0.306 e. The Kier molecular flexibility index (Phi) is 54.8. The molecule has 442 valence electrons. The number of allylic oxidation sites excluding steroid dienone is 28. The third kappa shape index (κ3) is 60.1. The van der Waals surface area contributed by atoms with Gasteiger partial charge in [-0.3, -0.25) is 9.59 Å². The number of aliphatic carboxylic acids is 1. The van der Waals surface area contributed by atoms with E-state index in [1.54, 1.807) is 0 Å². The molecule has 0 aliphatic heterocycles. The van der Waals surface area contributed by atoms with Gasteiger partial charge in [0.15, 0.2) is 12.4 Å². The number of hydrogen-bond donors (Lipinski definition) is 0. The summed E-state index contributed by atoms with van der Waals surface area (Å²) in [5, 5.41) is 11.8. The summed E-state index contributed by atoms with van der Waals surface area (Å²) >= 11 is 0. The lowest BCUT2D eigenvalue weighted by atomic mass is 10.1. The molecule has 0 aliphatic carbocycles. The van der Waals surface area contributed by atoms with Crippen LogP contribution in [-0.4, -0.2) is 82.3 Å². The van der Waals surface area contributed by atoms with E-state index in [2.05, 4.69) is 184 Å². The summed E-state index contributed by atoms with van der Waals surface area (Å²) in [6.07, 6.45) is 85.6. The van der Waals surface area contributed by atoms with Crippen molar-refractivity contribution in [3.63, 3.8) is 0 Å². The second-order valence-electron chi connectivity index (χ2n) is 20.5. The number of ether oxygens (including phenoxy) is 4. The third-order valence-electron chi connectivity index (χ3n) is 12.0. The van der Waals surface area contributed by atoms with Gasteiger partial charge >= 0.3 is 11.9 Å². The maximum atomic E-state index is 12.9. The zero-order valence-corrected chi connectivity index (χ0v) is 50.2. The first-order chi connectivity index (χ1) is 38.6. The molecule has 0 heterocycles. The molecule has 2 unspecified atom stereocenters. The predicted octanol–water partition coefficient (Wildman–Crippen LogP) is 17.0. The van der Waals surface area contributed by atoms with Crippen molar-refractivity contribution in [3.8, 4) is 0 Å². The Morgan fingerprint density at radius 1 is 0.380 bits per heavy atom. The Balaban J connectivity index is 4.27. The van der Waals surface area contributed by atoms with E-state index in [-0.39, 0.29) is 38.6 Å². The Hall–Kier alpha value is -5.35. The summed E-state index contributed by atoms with van der Waals surface area (Å²) in [4.78, 5) is 37.2. The molecular formula is C70H109NO8. The molecule has 2 atom stereocenters. The van der Waals surface area contributed by atoms with Crippen molar-refractivity contribution >= 4 is 17.9 Å². The van der Waals surface area contributed by atoms with Gasteiger partial charge in [-0.1, -0.05) is 223 Å². The lowest BCUT2D eigenvalue weighted by Crippen LogP contribution is -2.44. The lowest BCUT2D eigenvalue weighted by Gasteiger charge is -2.26. The molecule has 0 rings (SSSR count). The molecule has 79 heavy (non-hydrogen) atoms. The number of rotatable bonds is 53. The van der Waals surface area contributed by atoms with Crippen molar-refractivity contribution in [2.24, 2.45) is 0 Å². The van der Waals surface area contributed by atoms with Crippen molar-refractivity contribution < 1.29 is 42.9 Å². The molecule has 0 saturated carbocycles. The Bertz CT molecular complexity index is 1900. The third-order valence-corrected chi connectivity index (χ3v) is 12.0. The monoisotopic (exact) mass is 1090 g/mol. The number of carbonyl (C=O) groups is 3. The molecule has 0 aromatic heterocycles. The molecule has 9 nitrogen and oxygen atoms in total. The number of nitrogens with zero attached hydrogens (tertiary/aromatic N) is 1. The number of quaternary nitrogens is 1. The Morgan fingerprint density at radius 3 is 1.01 bits per heavy atom. The van der Waals surface area contributed by atoms with Crippen molar-refractivity contribution in [3.05, 3.63) is 170 Å². The van der Waals surface area contributed by atoms with E-state index < -0.39 is 24.3 Å². The summed E-state index contributed by atoms with van der Waals surface area (Å²) in [6, 6.07) is 0. The molecule has 0 aromatic rings. The molecule has 0 radical (unpaired) electrons. The van der Waals surface area contributed by atoms with E-state index in [4.69, 9.17) is 18.9 Å². The second kappa shape index (κ2) is 58.8. The molecule has 0 aromatic carbocycles. The number of carboxylic acids is 1. The van der Waals surface area contributed by atoms with Gasteiger partial charge in [0, 0.05) is 12.8 Å². The highest BCUT2D eigenvalue weighted by molar-refractivity contribution is 5.70. The van der Waals surface area contributed by atoms with Crippen molar-refractivity contribution in [2.45, 2.75) is 206 Å². The Labute approximate surface area is 482 Å². The fourth-order valence-electron chi connectivity index (χ4n) is 7.38. The fourth-order valence-corrected chi connectivity index (χ4v) is 7.38. The van der Waals surface area contributed by atoms with Crippen LogP contribution in [0.15, 0.2) is 170 Å². The van der Waals surface area contributed by atoms with Crippen LogP contribution in [-0.2, 0) is 33.3 Å². The molecule has 0 saturated heterocycles. The SMILES string of the molecule is CC/C=C\C/C=C\C/C=C\C/C=C\C/C=C\C/C=C\C/C=C\C/C=C\C/C=C\C/C=C\C/C=C\CCCCCCCC(=O)OC(COC(=O)CCCCCCC/C=C\C/C=C\C/C=C\CC)COC(OCC[N+](C)(C)C)C(=O)[O-]. The van der Waals surface area contributed by atoms with Crippen LogP contribution in [0.3, 0.4) is 0 Å². The number of unbranched alkanes of at least 4 members (excludes halogenated alkanes) is 10. The van der Waals surface area contributed by atoms with E-state index in [0.717, 1.165) is 154 Å². The zero-order chi connectivity index (χ0) is 57.6. The lowest BCUT2D eigenvalue weighted by molar-refractivity contribution is -0.870. The molecule has 0 N–H and O–H groups in total. The van der Waals surface area contributed by atoms with E-state index in [9.17, 15) is 19.5 Å². The number of esters is 2. The minimum absolute atomic E-state index is 0.131. The minimum Gasteiger partial charge on any atom is -0.545 e. The molecule has 0 aliphatic rings. The summed E-state index contributed by atoms with van der Waals surface area (Å²) in [7, 11) is 5.89. The summed E-state index contributed by atoms with van der Waals surface area (Å²) < 4.78 is 22.6. The van der Waals surface area contributed by atoms with E-state index >= 15 is 0 Å². The van der Waals surface area contributed by atoms with Crippen LogP contribution < -0.4 is 5.11 Å². The van der Waals surface area contributed by atoms with Crippen LogP contribution in [0.2, 0.25) is 0 Å². The minimum atomic E-state index is -1.64. The summed E-state index contributed by atoms with van der Waals surface area (Å²) in [6.45, 7) is 4.44. The molecule has 0 spiro atoms. The van der Waals surface area contributed by atoms with Crippen LogP contribution in [0.25, 0.3) is 0 Å². The van der Waals surface area contributed by atoms with Gasteiger partial charge in [-0.15, -0.1) is 0 Å². The molecule has 0 bridgehead atoms. The highest BCUT2D eigenvalue weighted by atomic mass is 16.7. The maximum absolute atomic E-state index is 12.9. The molecule has 0 fully saturated rings. The van der Waals surface area contributed by atoms with E-state index in [1.807, 2.05) is 21.1 Å². The fraction of sp³-hybridized carbons (Fsp3) is 0.557. The van der Waals surface area contributed by atoms with Gasteiger partial charge in [-0.05, 0) is 128 Å². The number of hydrogen-bond acceptors (Lipinski definition) is 8. The topological polar surface area (TPSA) is 111 Å². The van der Waals surface area contributed by atoms with Gasteiger partial charge in [0.2, 0.25) is 0 Å². The quantitative estimate of drug-likeness (QED) is 0.0195. The van der Waals surface area contributed by atoms with Crippen LogP contribution in [0, 0.1) is 0 Å². The van der Waals surface area contributed by atoms with Crippen LogP contribution >= 0.6 is 0 Å². The van der Waals surface area contributed by atoms with Crippen LogP contribution in [0.1, 0.15) is 194 Å². The van der Waals surface area contributed by atoms with Crippen molar-refractivity contribution in [1.29, 1.82) is 0 Å². The van der Waals surface area contributed by atoms with Crippen molar-refractivity contribution in [1.82, 2.24) is 0 Å². The van der Waals surface area contributed by atoms with Gasteiger partial charge < -0.3 is 33.3 Å². The summed E-state index contributed by atoms with van der Waals surface area (Å²) in [5.74, 6) is -2.36. The van der Waals surface area contributed by atoms with Gasteiger partial charge in [-0.2, -0.15) is 0 Å². The largest absolute Gasteiger partial charge is 0.545 e. The second-order valence-corrected chi connectivity index (χ2v) is 20.5. The van der Waals surface area contributed by atoms with Gasteiger partial charge in [0.25, 0.3) is 0 Å². The first-order valence-corrected chi connectivity index (χ1v) is 30.3. The average molecular weight is 1090 g/mol.